The summed E-state index contributed by atoms with van der Waals surface area (Å²) in [5.41, 5.74) is 14.9. The molecule has 1 aliphatic rings. The Morgan fingerprint density at radius 3 is 1.88 bits per heavy atom. The summed E-state index contributed by atoms with van der Waals surface area (Å²) in [5.74, 6) is 0. The fourth-order valence-electron chi connectivity index (χ4n) is 7.62. The number of nitrogens with zero attached hydrogens (tertiary/aromatic N) is 2. The van der Waals surface area contributed by atoms with E-state index in [1.54, 1.807) is 7.05 Å². The van der Waals surface area contributed by atoms with E-state index in [0.717, 1.165) is 33.1 Å². The molecule has 0 saturated carbocycles. The standard InChI is InChI=1S/C47H39N3O/c1-47(37-12-6-5-7-13-37,30-44(49-3)33-18-16-31(17-19-33)36-23-27-43(48-2)45(29-36)50(4)51)38-24-20-32(21-25-38)35-22-26-39-40-14-8-10-34-11-9-15-41(46(34)40)42(39)28-35/h5-30,48,51H,3H2,1-2,4H3/b44-30-. The van der Waals surface area contributed by atoms with E-state index < -0.39 is 5.41 Å². The molecule has 2 N–H and O–H groups in total. The number of allylic oxidation sites excluding steroid dienone is 1. The molecule has 0 saturated heterocycles. The Kier molecular flexibility index (Phi) is 8.10. The third-order valence-electron chi connectivity index (χ3n) is 10.4. The number of fused-ring (bicyclic) bond motifs is 3. The van der Waals surface area contributed by atoms with Gasteiger partial charge in [0.05, 0.1) is 17.1 Å². The zero-order valence-corrected chi connectivity index (χ0v) is 29.1. The van der Waals surface area contributed by atoms with E-state index in [9.17, 15) is 5.21 Å². The van der Waals surface area contributed by atoms with Gasteiger partial charge in [-0.3, -0.25) is 15.3 Å². The number of hydrogen-bond donors (Lipinski definition) is 2. The second-order valence-corrected chi connectivity index (χ2v) is 13.4. The van der Waals surface area contributed by atoms with Gasteiger partial charge >= 0.3 is 0 Å². The van der Waals surface area contributed by atoms with Crippen LogP contribution < -0.4 is 10.4 Å². The van der Waals surface area contributed by atoms with Crippen molar-refractivity contribution in [2.75, 3.05) is 24.5 Å². The molecule has 4 heteroatoms. The summed E-state index contributed by atoms with van der Waals surface area (Å²) in [4.78, 5) is 4.55. The molecule has 0 aromatic heterocycles. The van der Waals surface area contributed by atoms with Gasteiger partial charge < -0.3 is 5.32 Å². The molecule has 0 amide bonds. The van der Waals surface area contributed by atoms with Gasteiger partial charge in [0.25, 0.3) is 0 Å². The average Bonchev–Trinajstić information content (AvgIpc) is 3.51. The van der Waals surface area contributed by atoms with Crippen LogP contribution in [-0.4, -0.2) is 26.0 Å². The van der Waals surface area contributed by atoms with Crippen LogP contribution in [0.1, 0.15) is 23.6 Å². The van der Waals surface area contributed by atoms with E-state index in [4.69, 9.17) is 0 Å². The van der Waals surface area contributed by atoms with E-state index in [-0.39, 0.29) is 0 Å². The summed E-state index contributed by atoms with van der Waals surface area (Å²) < 4.78 is 0. The SMILES string of the molecule is C=N/C(=C\C(C)(c1ccccc1)c1ccc(-c2ccc3c(c2)-c2cccc4cccc-3c24)cc1)c1ccc(-c2ccc(NC)c(N(C)O)c2)cc1. The Bertz CT molecular complexity index is 2440. The fourth-order valence-corrected chi connectivity index (χ4v) is 7.62. The highest BCUT2D eigenvalue weighted by Crippen LogP contribution is 2.48. The molecule has 0 fully saturated rings. The lowest BCUT2D eigenvalue weighted by atomic mass is 9.75. The molecule has 0 heterocycles. The number of benzene rings is 7. The first-order valence-electron chi connectivity index (χ1n) is 17.3. The van der Waals surface area contributed by atoms with Gasteiger partial charge in [0.15, 0.2) is 0 Å². The van der Waals surface area contributed by atoms with Crippen molar-refractivity contribution in [3.8, 4) is 44.5 Å². The smallest absolute Gasteiger partial charge is 0.0868 e. The Balaban J connectivity index is 1.14. The molecule has 51 heavy (non-hydrogen) atoms. The lowest BCUT2D eigenvalue weighted by Crippen LogP contribution is -2.21. The van der Waals surface area contributed by atoms with Crippen molar-refractivity contribution in [1.82, 2.24) is 0 Å². The largest absolute Gasteiger partial charge is 0.386 e. The topological polar surface area (TPSA) is 47.9 Å². The quantitative estimate of drug-likeness (QED) is 0.120. The van der Waals surface area contributed by atoms with Crippen molar-refractivity contribution in [2.45, 2.75) is 12.3 Å². The van der Waals surface area contributed by atoms with Gasteiger partial charge in [-0.25, -0.2) is 0 Å². The number of nitrogens with one attached hydrogen (secondary N) is 1. The number of hydrogen-bond acceptors (Lipinski definition) is 4. The zero-order chi connectivity index (χ0) is 35.1. The minimum atomic E-state index is -0.478. The van der Waals surface area contributed by atoms with E-state index >= 15 is 0 Å². The maximum Gasteiger partial charge on any atom is 0.0868 e. The summed E-state index contributed by atoms with van der Waals surface area (Å²) >= 11 is 0. The summed E-state index contributed by atoms with van der Waals surface area (Å²) in [5, 5.41) is 17.1. The first kappa shape index (κ1) is 32.0. The molecule has 1 unspecified atom stereocenters. The van der Waals surface area contributed by atoms with E-state index in [2.05, 4.69) is 170 Å². The van der Waals surface area contributed by atoms with Gasteiger partial charge in [-0.2, -0.15) is 0 Å². The van der Waals surface area contributed by atoms with Crippen LogP contribution in [0.3, 0.4) is 0 Å². The molecule has 0 radical (unpaired) electrons. The highest BCUT2D eigenvalue weighted by Gasteiger charge is 2.28. The molecule has 0 spiro atoms. The summed E-state index contributed by atoms with van der Waals surface area (Å²) in [7, 11) is 3.47. The van der Waals surface area contributed by atoms with E-state index in [1.165, 1.54) is 55.3 Å². The maximum atomic E-state index is 10.2. The van der Waals surface area contributed by atoms with Crippen LogP contribution in [0.4, 0.5) is 11.4 Å². The van der Waals surface area contributed by atoms with Gasteiger partial charge in [-0.1, -0.05) is 133 Å². The van der Waals surface area contributed by atoms with Crippen molar-refractivity contribution in [3.63, 3.8) is 0 Å². The molecule has 0 aliphatic heterocycles. The Morgan fingerprint density at radius 1 is 0.647 bits per heavy atom. The molecule has 4 nitrogen and oxygen atoms in total. The molecule has 1 atom stereocenters. The molecule has 7 aromatic carbocycles. The molecule has 0 bridgehead atoms. The average molecular weight is 662 g/mol. The van der Waals surface area contributed by atoms with Crippen LogP contribution in [-0.2, 0) is 5.41 Å². The molecule has 1 aliphatic carbocycles. The number of hydroxylamine groups is 1. The minimum Gasteiger partial charge on any atom is -0.386 e. The molecule has 7 aromatic rings. The van der Waals surface area contributed by atoms with Crippen molar-refractivity contribution in [2.24, 2.45) is 4.99 Å². The minimum absolute atomic E-state index is 0.478. The van der Waals surface area contributed by atoms with Crippen LogP contribution in [0.25, 0.3) is 61.0 Å². The summed E-state index contributed by atoms with van der Waals surface area (Å²) in [6.07, 6.45) is 2.23. The predicted molar refractivity (Wildman–Crippen MR) is 216 cm³/mol. The molecular weight excluding hydrogens is 623 g/mol. The van der Waals surface area contributed by atoms with Crippen LogP contribution in [0.15, 0.2) is 163 Å². The molecule has 248 valence electrons. The molecular formula is C47H39N3O. The van der Waals surface area contributed by atoms with Crippen LogP contribution in [0.2, 0.25) is 0 Å². The number of anilines is 2. The second-order valence-electron chi connectivity index (χ2n) is 13.4. The van der Waals surface area contributed by atoms with Gasteiger partial charge in [0, 0.05) is 19.5 Å². The van der Waals surface area contributed by atoms with Crippen molar-refractivity contribution in [1.29, 1.82) is 0 Å². The first-order valence-corrected chi connectivity index (χ1v) is 17.3. The predicted octanol–water partition coefficient (Wildman–Crippen LogP) is 11.7. The van der Waals surface area contributed by atoms with Crippen molar-refractivity contribution >= 4 is 34.6 Å². The highest BCUT2D eigenvalue weighted by atomic mass is 16.5. The lowest BCUT2D eigenvalue weighted by Gasteiger charge is -2.29. The van der Waals surface area contributed by atoms with Gasteiger partial charge in [0.2, 0.25) is 0 Å². The Labute approximate surface area is 299 Å². The second kappa shape index (κ2) is 12.9. The first-order chi connectivity index (χ1) is 24.9. The fraction of sp³-hybridized carbons (Fsp3) is 0.0851. The van der Waals surface area contributed by atoms with Crippen LogP contribution in [0.5, 0.6) is 0 Å². The third-order valence-corrected chi connectivity index (χ3v) is 10.4. The normalized spacial score (nSPS) is 13.1. The van der Waals surface area contributed by atoms with Crippen molar-refractivity contribution < 1.29 is 5.21 Å². The third kappa shape index (κ3) is 5.60. The Hall–Kier alpha value is -6.23. The van der Waals surface area contributed by atoms with E-state index in [1.807, 2.05) is 19.2 Å². The van der Waals surface area contributed by atoms with Gasteiger partial charge in [0.1, 0.15) is 0 Å². The number of aliphatic imine (C=N–C) groups is 1. The monoisotopic (exact) mass is 661 g/mol. The molecule has 8 rings (SSSR count). The van der Waals surface area contributed by atoms with Crippen molar-refractivity contribution in [3.05, 3.63) is 174 Å². The zero-order valence-electron chi connectivity index (χ0n) is 29.1. The number of rotatable bonds is 9. The summed E-state index contributed by atoms with van der Waals surface area (Å²) in [6, 6.07) is 54.0. The highest BCUT2D eigenvalue weighted by molar-refractivity contribution is 6.15. The van der Waals surface area contributed by atoms with Crippen LogP contribution >= 0.6 is 0 Å². The van der Waals surface area contributed by atoms with E-state index in [0.29, 0.717) is 5.69 Å². The maximum absolute atomic E-state index is 10.2. The Morgan fingerprint density at radius 2 is 1.24 bits per heavy atom. The van der Waals surface area contributed by atoms with Crippen LogP contribution in [0, 0.1) is 0 Å². The summed E-state index contributed by atoms with van der Waals surface area (Å²) in [6.45, 7) is 6.24. The van der Waals surface area contributed by atoms with Gasteiger partial charge in [-0.05, 0) is 110 Å². The van der Waals surface area contributed by atoms with Gasteiger partial charge in [-0.15, -0.1) is 0 Å². The lowest BCUT2D eigenvalue weighted by molar-refractivity contribution is 0.280.